The fourth-order valence-corrected chi connectivity index (χ4v) is 3.87. The van der Waals surface area contributed by atoms with E-state index in [-0.39, 0.29) is 36.4 Å². The predicted octanol–water partition coefficient (Wildman–Crippen LogP) is 3.06. The Balaban J connectivity index is 0.00000288. The first-order chi connectivity index (χ1) is 11.1. The number of nitrogens with one attached hydrogen (secondary N) is 1. The highest BCUT2D eigenvalue weighted by atomic mass is 35.5. The van der Waals surface area contributed by atoms with E-state index >= 15 is 0 Å². The van der Waals surface area contributed by atoms with E-state index in [2.05, 4.69) is 24.1 Å². The van der Waals surface area contributed by atoms with E-state index < -0.39 is 0 Å². The van der Waals surface area contributed by atoms with Crippen LogP contribution in [0.1, 0.15) is 56.7 Å². The number of amides is 1. The lowest BCUT2D eigenvalue weighted by atomic mass is 9.83. The molecule has 1 heterocycles. The van der Waals surface area contributed by atoms with Crippen LogP contribution in [-0.2, 0) is 22.5 Å². The number of aryl methyl sites for hydroxylation is 1. The highest BCUT2D eigenvalue weighted by Crippen LogP contribution is 2.26. The first-order valence-corrected chi connectivity index (χ1v) is 9.60. The zero-order valence-corrected chi connectivity index (χ0v) is 16.3. The van der Waals surface area contributed by atoms with Gasteiger partial charge in [-0.15, -0.1) is 23.7 Å². The molecule has 0 unspecified atom stereocenters. The zero-order chi connectivity index (χ0) is 16.7. The molecule has 0 aliphatic heterocycles. The number of ether oxygens (including phenoxy) is 1. The minimum Gasteiger partial charge on any atom is -0.377 e. The van der Waals surface area contributed by atoms with Crippen LogP contribution in [0.25, 0.3) is 0 Å². The summed E-state index contributed by atoms with van der Waals surface area (Å²) in [5.74, 6) is 0.0969. The number of rotatable bonds is 8. The van der Waals surface area contributed by atoms with Gasteiger partial charge in [0.05, 0.1) is 23.4 Å². The minimum absolute atomic E-state index is 0. The molecule has 3 atom stereocenters. The van der Waals surface area contributed by atoms with Crippen LogP contribution in [0.2, 0.25) is 0 Å². The van der Waals surface area contributed by atoms with Crippen molar-refractivity contribution in [1.29, 1.82) is 0 Å². The number of nitrogens with two attached hydrogens (primary N) is 1. The molecule has 0 aromatic carbocycles. The molecule has 7 heteroatoms. The molecule has 1 saturated carbocycles. The smallest absolute Gasteiger partial charge is 0.223 e. The number of hydrogen-bond donors (Lipinski definition) is 2. The molecular formula is C17H30ClN3O2S. The molecule has 24 heavy (non-hydrogen) atoms. The van der Waals surface area contributed by atoms with Gasteiger partial charge < -0.3 is 15.8 Å². The number of nitrogens with zero attached hydrogens (tertiary/aromatic N) is 1. The molecule has 2 rings (SSSR count). The lowest BCUT2D eigenvalue weighted by molar-refractivity contribution is -0.127. The lowest BCUT2D eigenvalue weighted by Gasteiger charge is -2.33. The van der Waals surface area contributed by atoms with Crippen LogP contribution in [-0.4, -0.2) is 29.6 Å². The van der Waals surface area contributed by atoms with Crippen molar-refractivity contribution in [2.24, 2.45) is 11.7 Å². The molecule has 1 aromatic rings. The molecule has 0 saturated heterocycles. The predicted molar refractivity (Wildman–Crippen MR) is 101 cm³/mol. The summed E-state index contributed by atoms with van der Waals surface area (Å²) in [4.78, 5) is 16.9. The van der Waals surface area contributed by atoms with Gasteiger partial charge in [0.15, 0.2) is 0 Å². The minimum atomic E-state index is -0.0403. The van der Waals surface area contributed by atoms with Gasteiger partial charge in [-0.25, -0.2) is 4.98 Å². The fraction of sp³-hybridized carbons (Fsp3) is 0.765. The summed E-state index contributed by atoms with van der Waals surface area (Å²) >= 11 is 1.67. The normalized spacial score (nSPS) is 23.5. The van der Waals surface area contributed by atoms with E-state index in [1.165, 1.54) is 0 Å². The van der Waals surface area contributed by atoms with E-state index in [4.69, 9.17) is 10.5 Å². The molecule has 1 aromatic heterocycles. The number of carbonyl (C=O) groups excluding carboxylic acids is 1. The van der Waals surface area contributed by atoms with E-state index in [0.717, 1.165) is 49.4 Å². The number of hydrogen-bond acceptors (Lipinski definition) is 5. The average molecular weight is 376 g/mol. The van der Waals surface area contributed by atoms with Gasteiger partial charge in [-0.1, -0.05) is 13.8 Å². The zero-order valence-electron chi connectivity index (χ0n) is 14.6. The summed E-state index contributed by atoms with van der Waals surface area (Å²) in [5.41, 5.74) is 7.13. The van der Waals surface area contributed by atoms with Crippen molar-refractivity contribution in [2.75, 3.05) is 6.61 Å². The molecule has 0 bridgehead atoms. The second kappa shape index (κ2) is 11.0. The summed E-state index contributed by atoms with van der Waals surface area (Å²) in [6.45, 7) is 5.50. The van der Waals surface area contributed by atoms with Crippen molar-refractivity contribution >= 4 is 29.7 Å². The van der Waals surface area contributed by atoms with Crippen LogP contribution in [0.3, 0.4) is 0 Å². The maximum atomic E-state index is 12.3. The van der Waals surface area contributed by atoms with Gasteiger partial charge in [0.2, 0.25) is 5.91 Å². The van der Waals surface area contributed by atoms with E-state index in [9.17, 15) is 4.79 Å². The van der Waals surface area contributed by atoms with Gasteiger partial charge in [0.25, 0.3) is 0 Å². The third kappa shape index (κ3) is 6.31. The number of aromatic nitrogens is 1. The first-order valence-electron chi connectivity index (χ1n) is 8.72. The Morgan fingerprint density at radius 1 is 1.42 bits per heavy atom. The molecule has 1 aliphatic rings. The maximum Gasteiger partial charge on any atom is 0.223 e. The first kappa shape index (κ1) is 21.4. The monoisotopic (exact) mass is 375 g/mol. The van der Waals surface area contributed by atoms with Crippen LogP contribution in [0.4, 0.5) is 0 Å². The lowest BCUT2D eigenvalue weighted by Crippen LogP contribution is -2.46. The average Bonchev–Trinajstić information content (AvgIpc) is 2.99. The summed E-state index contributed by atoms with van der Waals surface area (Å²) < 4.78 is 5.76. The molecular weight excluding hydrogens is 346 g/mol. The third-order valence-corrected chi connectivity index (χ3v) is 5.21. The van der Waals surface area contributed by atoms with E-state index in [0.29, 0.717) is 13.0 Å². The number of thiazole rings is 1. The Labute approximate surface area is 155 Å². The highest BCUT2D eigenvalue weighted by molar-refractivity contribution is 7.09. The van der Waals surface area contributed by atoms with Crippen molar-refractivity contribution in [3.63, 3.8) is 0 Å². The topological polar surface area (TPSA) is 77.2 Å². The van der Waals surface area contributed by atoms with Crippen LogP contribution in [0.15, 0.2) is 5.38 Å². The van der Waals surface area contributed by atoms with E-state index in [1.54, 1.807) is 11.3 Å². The highest BCUT2D eigenvalue weighted by Gasteiger charge is 2.32. The van der Waals surface area contributed by atoms with Crippen molar-refractivity contribution in [2.45, 2.75) is 71.1 Å². The molecule has 0 radical (unpaired) electrons. The fourth-order valence-electron chi connectivity index (χ4n) is 2.97. The van der Waals surface area contributed by atoms with Crippen molar-refractivity contribution < 1.29 is 9.53 Å². The Kier molecular flexibility index (Phi) is 9.81. The second-order valence-electron chi connectivity index (χ2n) is 6.28. The molecule has 1 aliphatic carbocycles. The molecule has 138 valence electrons. The Morgan fingerprint density at radius 2 is 2.21 bits per heavy atom. The largest absolute Gasteiger partial charge is 0.377 e. The van der Waals surface area contributed by atoms with Gasteiger partial charge in [-0.3, -0.25) is 4.79 Å². The van der Waals surface area contributed by atoms with Crippen LogP contribution < -0.4 is 11.1 Å². The summed E-state index contributed by atoms with van der Waals surface area (Å²) in [6.07, 6.45) is 5.64. The third-order valence-electron chi connectivity index (χ3n) is 4.25. The summed E-state index contributed by atoms with van der Waals surface area (Å²) in [7, 11) is 0. The Bertz CT molecular complexity index is 498. The standard InChI is InChI=1S/C17H29N3O2S.ClH/c1-3-5-16-20-13(11-23-16)10-19-17(21)12-6-7-15(14(18)9-12)22-8-4-2;/h11-12,14-15H,3-10,18H2,1-2H3,(H,19,21);1H/t12-,14+,15+;/m0./s1. The molecule has 1 fully saturated rings. The van der Waals surface area contributed by atoms with Gasteiger partial charge in [-0.2, -0.15) is 0 Å². The Morgan fingerprint density at radius 3 is 2.88 bits per heavy atom. The van der Waals surface area contributed by atoms with Gasteiger partial charge in [0, 0.05) is 23.9 Å². The Hall–Kier alpha value is -0.690. The molecule has 5 nitrogen and oxygen atoms in total. The SMILES string of the molecule is CCCO[C@@H]1CC[C@H](C(=O)NCc2csc(CCC)n2)C[C@H]1N.Cl. The molecule has 1 amide bonds. The van der Waals surface area contributed by atoms with Crippen LogP contribution >= 0.6 is 23.7 Å². The summed E-state index contributed by atoms with van der Waals surface area (Å²) in [6, 6.07) is -0.0403. The van der Waals surface area contributed by atoms with Crippen molar-refractivity contribution in [3.05, 3.63) is 16.1 Å². The second-order valence-corrected chi connectivity index (χ2v) is 7.23. The van der Waals surface area contributed by atoms with Crippen molar-refractivity contribution in [1.82, 2.24) is 10.3 Å². The van der Waals surface area contributed by atoms with E-state index in [1.807, 2.05) is 5.38 Å². The van der Waals surface area contributed by atoms with Crippen LogP contribution in [0.5, 0.6) is 0 Å². The number of carbonyl (C=O) groups is 1. The molecule has 3 N–H and O–H groups in total. The van der Waals surface area contributed by atoms with Crippen molar-refractivity contribution in [3.8, 4) is 0 Å². The summed E-state index contributed by atoms with van der Waals surface area (Å²) in [5, 5.41) is 6.19. The van der Waals surface area contributed by atoms with Gasteiger partial charge >= 0.3 is 0 Å². The van der Waals surface area contributed by atoms with Gasteiger partial charge in [-0.05, 0) is 38.5 Å². The van der Waals surface area contributed by atoms with Gasteiger partial charge in [0.1, 0.15) is 0 Å². The molecule has 0 spiro atoms. The number of halogens is 1. The maximum absolute atomic E-state index is 12.3. The van der Waals surface area contributed by atoms with Crippen LogP contribution in [0, 0.1) is 5.92 Å². The quantitative estimate of drug-likeness (QED) is 0.732.